The lowest BCUT2D eigenvalue weighted by Crippen LogP contribution is -2.48. The molecule has 0 saturated heterocycles. The Bertz CT molecular complexity index is 1090. The topological polar surface area (TPSA) is 78.9 Å². The second kappa shape index (κ2) is 13.4. The predicted molar refractivity (Wildman–Crippen MR) is 137 cm³/mol. The van der Waals surface area contributed by atoms with Crippen LogP contribution in [0.1, 0.15) is 50.0 Å². The number of esters is 1. The Labute approximate surface area is 214 Å². The summed E-state index contributed by atoms with van der Waals surface area (Å²) >= 11 is 0. The molecule has 0 aliphatic rings. The van der Waals surface area contributed by atoms with Gasteiger partial charge in [-0.3, -0.25) is 8.77 Å². The first-order valence-corrected chi connectivity index (χ1v) is 14.4. The molecule has 6 nitrogen and oxygen atoms in total. The third kappa shape index (κ3) is 7.42. The summed E-state index contributed by atoms with van der Waals surface area (Å²) in [5.41, 5.74) is -2.60. The van der Waals surface area contributed by atoms with E-state index in [0.717, 1.165) is 11.1 Å². The van der Waals surface area contributed by atoms with E-state index in [0.29, 0.717) is 0 Å². The summed E-state index contributed by atoms with van der Waals surface area (Å²) in [5.74, 6) is -1.07. The molecule has 198 valence electrons. The van der Waals surface area contributed by atoms with Crippen LogP contribution < -0.4 is 0 Å². The van der Waals surface area contributed by atoms with Gasteiger partial charge in [-0.25, -0.2) is 4.79 Å². The van der Waals surface area contributed by atoms with Gasteiger partial charge in [0.1, 0.15) is 0 Å². The van der Waals surface area contributed by atoms with Gasteiger partial charge in [-0.15, -0.1) is 0 Å². The molecule has 0 bridgehead atoms. The van der Waals surface area contributed by atoms with Gasteiger partial charge in [-0.1, -0.05) is 47.5 Å². The molecule has 0 amide bonds. The lowest BCUT2D eigenvalue weighted by atomic mass is 10.1. The number of ether oxygens (including phenoxy) is 1. The van der Waals surface area contributed by atoms with Gasteiger partial charge >= 0.3 is 19.2 Å². The molecule has 0 aromatic heterocycles. The normalized spacial score (nSPS) is 14.5. The number of benzene rings is 2. The van der Waals surface area contributed by atoms with Gasteiger partial charge in [0.25, 0.3) is 0 Å². The Morgan fingerprint density at radius 1 is 1.03 bits per heavy atom. The van der Waals surface area contributed by atoms with Crippen molar-refractivity contribution in [1.29, 1.82) is 0 Å². The number of aryl methyl sites for hydroxylation is 1. The third-order valence-corrected chi connectivity index (χ3v) is 9.08. The maximum absolute atomic E-state index is 16.2. The number of rotatable bonds is 13. The van der Waals surface area contributed by atoms with Gasteiger partial charge in [-0.05, 0) is 65.3 Å². The van der Waals surface area contributed by atoms with E-state index >= 15 is 8.78 Å². The summed E-state index contributed by atoms with van der Waals surface area (Å²) in [4.78, 5) is 13.2. The molecule has 1 unspecified atom stereocenters. The third-order valence-electron chi connectivity index (χ3n) is 5.17. The first-order chi connectivity index (χ1) is 17.0. The minimum Gasteiger partial charge on any atom is -0.450 e. The summed E-state index contributed by atoms with van der Waals surface area (Å²) in [7, 11) is -7.20. The Balaban J connectivity index is 2.68. The van der Waals surface area contributed by atoms with Crippen molar-refractivity contribution in [3.8, 4) is 0 Å². The lowest BCUT2D eigenvalue weighted by molar-refractivity contribution is -0.0779. The van der Waals surface area contributed by atoms with Crippen LogP contribution in [0, 0.1) is 6.92 Å². The number of alkyl halides is 2. The fourth-order valence-corrected chi connectivity index (χ4v) is 6.58. The van der Waals surface area contributed by atoms with Crippen LogP contribution in [0.3, 0.4) is 0 Å². The van der Waals surface area contributed by atoms with Crippen molar-refractivity contribution in [2.45, 2.75) is 63.0 Å². The molecule has 0 aliphatic carbocycles. The summed E-state index contributed by atoms with van der Waals surface area (Å²) in [5, 5.41) is -1.46. The standard InChI is InChI=1S/C26H33F2O6PS/c1-6-32-35(30,33-7-2)26(27,28)24(34-25(29)21-11-9-8-10-12-21)23(18-13-19(3)4)36(31)22-16-14-20(5)15-17-22/h8-17,23-24H,6-7,18H2,1-5H3/t23-,24-,36?/m1/s1. The molecule has 0 radical (unpaired) electrons. The van der Waals surface area contributed by atoms with Crippen LogP contribution in [0.2, 0.25) is 0 Å². The first kappa shape index (κ1) is 30.0. The molecule has 0 aliphatic heterocycles. The van der Waals surface area contributed by atoms with Crippen molar-refractivity contribution in [3.05, 3.63) is 77.4 Å². The summed E-state index contributed by atoms with van der Waals surface area (Å²) in [6.07, 6.45) is -0.891. The molecule has 0 fully saturated rings. The smallest absolute Gasteiger partial charge is 0.403 e. The molecule has 2 aromatic rings. The van der Waals surface area contributed by atoms with E-state index in [9.17, 15) is 13.6 Å². The maximum atomic E-state index is 16.2. The molecular formula is C26H33F2O6PS. The molecule has 0 N–H and O–H groups in total. The van der Waals surface area contributed by atoms with Gasteiger partial charge in [0, 0.05) is 4.90 Å². The van der Waals surface area contributed by atoms with Crippen molar-refractivity contribution < 1.29 is 36.1 Å². The zero-order valence-electron chi connectivity index (χ0n) is 21.1. The highest BCUT2D eigenvalue weighted by Gasteiger charge is 2.63. The van der Waals surface area contributed by atoms with Gasteiger partial charge in [0.2, 0.25) is 0 Å². The number of hydrogen-bond acceptors (Lipinski definition) is 6. The number of halogens is 2. The van der Waals surface area contributed by atoms with Crippen molar-refractivity contribution >= 4 is 24.4 Å². The Morgan fingerprint density at radius 3 is 2.08 bits per heavy atom. The second-order valence-electron chi connectivity index (χ2n) is 8.28. The molecule has 0 saturated carbocycles. The number of carbonyl (C=O) groups excluding carboxylic acids is 1. The highest BCUT2D eigenvalue weighted by Crippen LogP contribution is 2.64. The van der Waals surface area contributed by atoms with E-state index in [2.05, 4.69) is 0 Å². The van der Waals surface area contributed by atoms with Gasteiger partial charge < -0.3 is 13.8 Å². The minimum absolute atomic E-state index is 0.0167. The van der Waals surface area contributed by atoms with Crippen LogP contribution in [-0.2, 0) is 29.1 Å². The van der Waals surface area contributed by atoms with E-state index < -0.39 is 41.4 Å². The molecule has 10 heteroatoms. The molecule has 3 atom stereocenters. The van der Waals surface area contributed by atoms with E-state index in [4.69, 9.17) is 13.8 Å². The van der Waals surface area contributed by atoms with Gasteiger partial charge in [0.15, 0.2) is 6.10 Å². The lowest BCUT2D eigenvalue weighted by Gasteiger charge is -2.35. The van der Waals surface area contributed by atoms with E-state index in [1.165, 1.54) is 26.0 Å². The van der Waals surface area contributed by atoms with Gasteiger partial charge in [-0.2, -0.15) is 8.78 Å². The minimum atomic E-state index is -5.13. The second-order valence-corrected chi connectivity index (χ2v) is 12.1. The molecule has 0 heterocycles. The van der Waals surface area contributed by atoms with Crippen LogP contribution in [0.4, 0.5) is 8.78 Å². The van der Waals surface area contributed by atoms with E-state index in [1.807, 2.05) is 6.92 Å². The average molecular weight is 543 g/mol. The quantitative estimate of drug-likeness (QED) is 0.155. The predicted octanol–water partition coefficient (Wildman–Crippen LogP) is 6.91. The van der Waals surface area contributed by atoms with Crippen LogP contribution in [0.15, 0.2) is 71.1 Å². The highest BCUT2D eigenvalue weighted by atomic mass is 32.2. The highest BCUT2D eigenvalue weighted by molar-refractivity contribution is 7.85. The number of carbonyl (C=O) groups is 1. The van der Waals surface area contributed by atoms with Crippen molar-refractivity contribution in [1.82, 2.24) is 0 Å². The summed E-state index contributed by atoms with van der Waals surface area (Å²) < 4.78 is 74.6. The molecular weight excluding hydrogens is 509 g/mol. The van der Waals surface area contributed by atoms with Crippen molar-refractivity contribution in [2.24, 2.45) is 0 Å². The van der Waals surface area contributed by atoms with Gasteiger partial charge in [0.05, 0.1) is 34.8 Å². The molecule has 2 aromatic carbocycles. The van der Waals surface area contributed by atoms with Crippen LogP contribution in [-0.4, -0.2) is 40.4 Å². The van der Waals surface area contributed by atoms with Crippen molar-refractivity contribution in [2.75, 3.05) is 13.2 Å². The van der Waals surface area contributed by atoms with Crippen LogP contribution >= 0.6 is 7.60 Å². The fourth-order valence-electron chi connectivity index (χ4n) is 3.36. The summed E-state index contributed by atoms with van der Waals surface area (Å²) in [6.45, 7) is 7.51. The molecule has 2 rings (SSSR count). The first-order valence-electron chi connectivity index (χ1n) is 11.6. The SMILES string of the molecule is CCOP(=O)(OCC)C(F)(F)[C@H](OC(=O)c1ccccc1)[C@@H](CC=C(C)C)S(=O)c1ccc(C)cc1. The zero-order chi connectivity index (χ0) is 26.9. The van der Waals surface area contributed by atoms with E-state index in [-0.39, 0.29) is 30.1 Å². The molecule has 36 heavy (non-hydrogen) atoms. The zero-order valence-corrected chi connectivity index (χ0v) is 22.8. The Morgan fingerprint density at radius 2 is 1.58 bits per heavy atom. The van der Waals surface area contributed by atoms with Crippen LogP contribution in [0.25, 0.3) is 0 Å². The average Bonchev–Trinajstić information content (AvgIpc) is 2.84. The van der Waals surface area contributed by atoms with E-state index in [1.54, 1.807) is 62.4 Å². The Kier molecular flexibility index (Phi) is 11.2. The van der Waals surface area contributed by atoms with Crippen molar-refractivity contribution in [3.63, 3.8) is 0 Å². The monoisotopic (exact) mass is 542 g/mol. The fraction of sp³-hybridized carbons (Fsp3) is 0.423. The largest absolute Gasteiger partial charge is 0.450 e. The van der Waals surface area contributed by atoms with Crippen LogP contribution in [0.5, 0.6) is 0 Å². The number of allylic oxidation sites excluding steroid dienone is 2. The number of hydrogen-bond donors (Lipinski definition) is 0. The molecule has 0 spiro atoms. The summed E-state index contributed by atoms with van der Waals surface area (Å²) in [6, 6.07) is 14.1. The Hall–Kier alpha value is -2.19. The maximum Gasteiger partial charge on any atom is 0.403 e.